The van der Waals surface area contributed by atoms with Crippen LogP contribution in [-0.2, 0) is 7.05 Å². The fourth-order valence-electron chi connectivity index (χ4n) is 8.33. The fourth-order valence-corrected chi connectivity index (χ4v) is 10.5. The Morgan fingerprint density at radius 2 is 1.38 bits per heavy atom. The molecule has 0 amide bonds. The third-order valence-corrected chi connectivity index (χ3v) is 12.7. The van der Waals surface area contributed by atoms with E-state index in [1.807, 2.05) is 0 Å². The zero-order valence-electron chi connectivity index (χ0n) is 26.2. The molecule has 4 nitrogen and oxygen atoms in total. The molecule has 0 radical (unpaired) electrons. The van der Waals surface area contributed by atoms with Crippen LogP contribution in [0, 0.1) is 0 Å². The largest absolute Gasteiger partial charge is 0.336 e. The Balaban J connectivity index is 1.18. The number of hydrogen-bond donors (Lipinski definition) is 0. The van der Waals surface area contributed by atoms with Crippen molar-refractivity contribution < 1.29 is 0 Å². The van der Waals surface area contributed by atoms with Gasteiger partial charge in [-0.2, -0.15) is 0 Å². The van der Waals surface area contributed by atoms with Crippen molar-refractivity contribution in [3.8, 4) is 22.4 Å². The molecule has 4 heterocycles. The fraction of sp³-hybridized carbons (Fsp3) is 0.0465. The zero-order chi connectivity index (χ0) is 31.5. The minimum absolute atomic E-state index is 0.0987. The summed E-state index contributed by atoms with van der Waals surface area (Å²) in [6, 6.07) is 51.6. The molecule has 0 N–H and O–H groups in total. The number of hydrogen-bond acceptors (Lipinski definition) is 1. The molecule has 1 aliphatic rings. The molecule has 4 aromatic heterocycles. The summed E-state index contributed by atoms with van der Waals surface area (Å²) in [6.07, 6.45) is 2.26. The zero-order valence-corrected chi connectivity index (χ0v) is 27.1. The maximum atomic E-state index is 5.13. The van der Waals surface area contributed by atoms with Crippen LogP contribution in [0.1, 0.15) is 17.2 Å². The number of aromatic nitrogens is 4. The minimum Gasteiger partial charge on any atom is -0.336 e. The Bertz CT molecular complexity index is 2930. The van der Waals surface area contributed by atoms with E-state index < -0.39 is 7.53 Å². The van der Waals surface area contributed by atoms with Gasteiger partial charge >= 0.3 is 0 Å². The second-order valence-corrected chi connectivity index (χ2v) is 14.9. The van der Waals surface area contributed by atoms with Gasteiger partial charge in [-0.25, -0.2) is 4.98 Å². The van der Waals surface area contributed by atoms with Gasteiger partial charge in [-0.1, -0.05) is 78.9 Å². The maximum Gasteiger partial charge on any atom is 0.156 e. The highest BCUT2D eigenvalue weighted by Gasteiger charge is 2.32. The van der Waals surface area contributed by atoms with E-state index >= 15 is 0 Å². The van der Waals surface area contributed by atoms with Gasteiger partial charge in [0.25, 0.3) is 0 Å². The van der Waals surface area contributed by atoms with Crippen molar-refractivity contribution in [3.63, 3.8) is 0 Å². The number of rotatable bonds is 3. The predicted molar refractivity (Wildman–Crippen MR) is 201 cm³/mol. The molecule has 0 fully saturated rings. The van der Waals surface area contributed by atoms with Gasteiger partial charge in [0.05, 0.1) is 28.1 Å². The summed E-state index contributed by atoms with van der Waals surface area (Å²) in [5.41, 5.74) is 13.6. The van der Waals surface area contributed by atoms with Crippen molar-refractivity contribution in [1.29, 1.82) is 0 Å². The van der Waals surface area contributed by atoms with Gasteiger partial charge in [-0.3, -0.25) is 0 Å². The Kier molecular flexibility index (Phi) is 5.25. The molecule has 5 heteroatoms. The lowest BCUT2D eigenvalue weighted by atomic mass is 10.0. The second-order valence-electron chi connectivity index (χ2n) is 13.0. The van der Waals surface area contributed by atoms with Crippen molar-refractivity contribution in [2.75, 3.05) is 0 Å². The molecular weight excluding hydrogens is 603 g/mol. The molecule has 0 saturated heterocycles. The second kappa shape index (κ2) is 9.60. The van der Waals surface area contributed by atoms with E-state index in [-0.39, 0.29) is 6.04 Å². The van der Waals surface area contributed by atoms with Gasteiger partial charge in [0.15, 0.2) is 5.57 Å². The standard InChI is InChI=1S/C43H29N4P/c1-45-39-17-9-6-14-36(39)44-43(45)48-23-21-28-18-19-29(24-41(28)48)47-38-16-8-5-12-31(38)34-25-33-30-11-3-4-13-32(30)42(35(33)26-40(34)47)46-22-20-27-10-2-7-15-37(27)46/h2-26,42H,1H3. The number of benzene rings is 6. The molecule has 0 bridgehead atoms. The van der Waals surface area contributed by atoms with Gasteiger partial charge in [0, 0.05) is 40.3 Å². The van der Waals surface area contributed by atoms with Crippen molar-refractivity contribution in [1.82, 2.24) is 18.7 Å². The van der Waals surface area contributed by atoms with Crippen LogP contribution in [-0.4, -0.2) is 18.7 Å². The van der Waals surface area contributed by atoms with E-state index in [1.54, 1.807) is 0 Å². The first kappa shape index (κ1) is 26.3. The van der Waals surface area contributed by atoms with Crippen molar-refractivity contribution in [3.05, 3.63) is 163 Å². The van der Waals surface area contributed by atoms with Crippen LogP contribution in [0.5, 0.6) is 0 Å². The highest BCUT2D eigenvalue weighted by Crippen LogP contribution is 2.51. The van der Waals surface area contributed by atoms with E-state index in [9.17, 15) is 0 Å². The van der Waals surface area contributed by atoms with Gasteiger partial charge < -0.3 is 13.7 Å². The first-order chi connectivity index (χ1) is 23.7. The van der Waals surface area contributed by atoms with Crippen LogP contribution in [0.2, 0.25) is 0 Å². The third kappa shape index (κ3) is 3.48. The van der Waals surface area contributed by atoms with Gasteiger partial charge in [0.1, 0.15) is 0 Å². The van der Waals surface area contributed by atoms with E-state index in [0.29, 0.717) is 0 Å². The minimum atomic E-state index is -0.733. The van der Waals surface area contributed by atoms with Gasteiger partial charge in [0.2, 0.25) is 0 Å². The van der Waals surface area contributed by atoms with E-state index in [4.69, 9.17) is 4.98 Å². The molecular formula is C43H29N4P. The first-order valence-electron chi connectivity index (χ1n) is 16.5. The number of aryl methyl sites for hydroxylation is 1. The number of para-hydroxylation sites is 4. The summed E-state index contributed by atoms with van der Waals surface area (Å²) in [4.78, 5) is 5.13. The van der Waals surface area contributed by atoms with Gasteiger partial charge in [-0.15, -0.1) is 0 Å². The predicted octanol–water partition coefficient (Wildman–Crippen LogP) is 11.4. The van der Waals surface area contributed by atoms with E-state index in [0.717, 1.165) is 11.1 Å². The van der Waals surface area contributed by atoms with Crippen molar-refractivity contribution in [2.45, 2.75) is 6.04 Å². The lowest BCUT2D eigenvalue weighted by molar-refractivity contribution is 0.722. The topological polar surface area (TPSA) is 27.7 Å². The monoisotopic (exact) mass is 632 g/mol. The molecule has 10 aromatic rings. The Morgan fingerprint density at radius 1 is 0.583 bits per heavy atom. The molecule has 6 aromatic carbocycles. The summed E-state index contributed by atoms with van der Waals surface area (Å²) in [7, 11) is 1.42. The van der Waals surface area contributed by atoms with Crippen LogP contribution in [0.25, 0.3) is 76.6 Å². The Hall–Kier alpha value is -5.83. The number of fused-ring (bicyclic) bond motifs is 9. The molecule has 0 aliphatic heterocycles. The summed E-state index contributed by atoms with van der Waals surface area (Å²) in [5, 5.41) is 6.47. The van der Waals surface area contributed by atoms with E-state index in [1.165, 1.54) is 76.7 Å². The van der Waals surface area contributed by atoms with Crippen LogP contribution in [0.4, 0.5) is 0 Å². The lowest BCUT2D eigenvalue weighted by Crippen LogP contribution is -2.08. The van der Waals surface area contributed by atoms with Crippen LogP contribution in [0.15, 0.2) is 152 Å². The molecule has 226 valence electrons. The highest BCUT2D eigenvalue weighted by atomic mass is 31.1. The molecule has 1 aliphatic carbocycles. The van der Waals surface area contributed by atoms with Gasteiger partial charge in [-0.05, 0) is 107 Å². The maximum absolute atomic E-state index is 5.13. The Labute approximate surface area is 277 Å². The molecule has 2 atom stereocenters. The number of nitrogens with zero attached hydrogens (tertiary/aromatic N) is 4. The molecule has 11 rings (SSSR count). The normalized spacial score (nSPS) is 14.5. The summed E-state index contributed by atoms with van der Waals surface area (Å²) < 4.78 is 7.23. The van der Waals surface area contributed by atoms with Crippen molar-refractivity contribution in [2.24, 2.45) is 7.05 Å². The van der Waals surface area contributed by atoms with Crippen LogP contribution < -0.4 is 0 Å². The summed E-state index contributed by atoms with van der Waals surface area (Å²) >= 11 is 0. The summed E-state index contributed by atoms with van der Waals surface area (Å²) in [6.45, 7) is 0. The smallest absolute Gasteiger partial charge is 0.156 e. The highest BCUT2D eigenvalue weighted by molar-refractivity contribution is 7.61. The molecule has 0 spiro atoms. The molecule has 48 heavy (non-hydrogen) atoms. The van der Waals surface area contributed by atoms with Crippen LogP contribution in [0.3, 0.4) is 0 Å². The average Bonchev–Trinajstić information content (AvgIpc) is 3.94. The van der Waals surface area contributed by atoms with E-state index in [2.05, 4.69) is 172 Å². The lowest BCUT2D eigenvalue weighted by Gasteiger charge is -2.18. The molecule has 0 saturated carbocycles. The average molecular weight is 633 g/mol. The summed E-state index contributed by atoms with van der Waals surface area (Å²) in [5.74, 6) is 2.37. The van der Waals surface area contributed by atoms with Crippen LogP contribution >= 0.6 is 7.53 Å². The van der Waals surface area contributed by atoms with Crippen molar-refractivity contribution >= 4 is 61.8 Å². The SMILES string of the molecule is Cn1c(-p2ccc3ccc(-n4c5ccccc5c5cc6c(cc54)C(n4ccc5ccccc54)c4ccccc4-6)cc32)nc2ccccc21. The first-order valence-corrected chi connectivity index (χ1v) is 17.9. The Morgan fingerprint density at radius 3 is 2.29 bits per heavy atom. The third-order valence-electron chi connectivity index (χ3n) is 10.5. The number of imidazole rings is 1. The molecule has 2 unspecified atom stereocenters. The quantitative estimate of drug-likeness (QED) is 0.190.